The van der Waals surface area contributed by atoms with E-state index in [4.69, 9.17) is 18.9 Å². The summed E-state index contributed by atoms with van der Waals surface area (Å²) in [5, 5.41) is 12.7. The lowest BCUT2D eigenvalue weighted by atomic mass is 9.91. The molecule has 1 aromatic heterocycles. The molecule has 0 bridgehead atoms. The van der Waals surface area contributed by atoms with Crippen molar-refractivity contribution in [2.45, 2.75) is 37.8 Å². The van der Waals surface area contributed by atoms with Gasteiger partial charge in [-0.25, -0.2) is 9.78 Å². The fourth-order valence-corrected chi connectivity index (χ4v) is 4.02. The fourth-order valence-electron chi connectivity index (χ4n) is 4.02. The number of methoxy groups -OCH3 is 1. The third-order valence-electron chi connectivity index (χ3n) is 5.79. The first kappa shape index (κ1) is 28.9. The van der Waals surface area contributed by atoms with E-state index in [2.05, 4.69) is 10.3 Å². The van der Waals surface area contributed by atoms with Gasteiger partial charge < -0.3 is 29.4 Å². The number of allylic oxidation sites excluding steroid dienone is 1. The Morgan fingerprint density at radius 3 is 2.66 bits per heavy atom. The highest BCUT2D eigenvalue weighted by atomic mass is 19.4. The highest BCUT2D eigenvalue weighted by Gasteiger charge is 2.36. The summed E-state index contributed by atoms with van der Waals surface area (Å²) in [7, 11) is 1.31. The van der Waals surface area contributed by atoms with Crippen LogP contribution in [0.2, 0.25) is 0 Å². The van der Waals surface area contributed by atoms with Crippen LogP contribution in [0.25, 0.3) is 0 Å². The van der Waals surface area contributed by atoms with Gasteiger partial charge in [-0.2, -0.15) is 13.2 Å². The summed E-state index contributed by atoms with van der Waals surface area (Å²) in [4.78, 5) is 29.5. The van der Waals surface area contributed by atoms with Gasteiger partial charge in [0.25, 0.3) is 5.91 Å². The molecule has 1 amide bonds. The highest BCUT2D eigenvalue weighted by molar-refractivity contribution is 5.98. The molecule has 1 fully saturated rings. The second kappa shape index (κ2) is 13.2. The number of carbonyl (C=O) groups is 2. The molecule has 1 saturated heterocycles. The van der Waals surface area contributed by atoms with Gasteiger partial charge in [0.05, 0.1) is 33.0 Å². The maximum absolute atomic E-state index is 12.9. The number of nitrogens with zero attached hydrogens (tertiary/aromatic N) is 1. The SMILES string of the molecule is COc1ccnc(C(=O)NC2COCC(Cc3ccccc3)C(OCC=CC(F)(F)F)C(C)OC2=O)c1O. The Labute approximate surface area is 217 Å². The van der Waals surface area contributed by atoms with Crippen LogP contribution in [-0.2, 0) is 25.4 Å². The van der Waals surface area contributed by atoms with Crippen molar-refractivity contribution in [2.75, 3.05) is 26.9 Å². The van der Waals surface area contributed by atoms with Crippen LogP contribution in [0.3, 0.4) is 0 Å². The van der Waals surface area contributed by atoms with Gasteiger partial charge in [-0.3, -0.25) is 4.79 Å². The number of pyridine rings is 1. The van der Waals surface area contributed by atoms with Crippen LogP contribution in [0.5, 0.6) is 11.5 Å². The Hall–Kier alpha value is -3.64. The number of nitrogens with one attached hydrogen (secondary N) is 1. The fraction of sp³-hybridized carbons (Fsp3) is 0.423. The molecule has 0 radical (unpaired) electrons. The average Bonchev–Trinajstić information content (AvgIpc) is 2.91. The largest absolute Gasteiger partial charge is 0.503 e. The summed E-state index contributed by atoms with van der Waals surface area (Å²) >= 11 is 0. The summed E-state index contributed by atoms with van der Waals surface area (Å²) in [5.41, 5.74) is 0.576. The second-order valence-electron chi connectivity index (χ2n) is 8.61. The van der Waals surface area contributed by atoms with Gasteiger partial charge in [0.15, 0.2) is 23.2 Å². The topological polar surface area (TPSA) is 116 Å². The number of cyclic esters (lactones) is 1. The molecular formula is C26H29F3N2O7. The zero-order chi connectivity index (χ0) is 27.7. The van der Waals surface area contributed by atoms with Crippen LogP contribution in [0, 0.1) is 5.92 Å². The van der Waals surface area contributed by atoms with E-state index < -0.39 is 48.0 Å². The molecule has 1 aromatic carbocycles. The lowest BCUT2D eigenvalue weighted by Crippen LogP contribution is -2.46. The van der Waals surface area contributed by atoms with E-state index in [1.54, 1.807) is 6.92 Å². The standard InChI is InChI=1S/C26H29F3N2O7/c1-16-23(37-12-6-10-26(27,28)29)18(13-17-7-4-3-5-8-17)14-36-15-19(25(34)38-16)31-24(33)21-22(32)20(35-2)9-11-30-21/h3-11,16,18-19,23,32H,12-15H2,1-2H3,(H,31,33). The molecule has 2 N–H and O–H groups in total. The zero-order valence-electron chi connectivity index (χ0n) is 20.8. The quantitative estimate of drug-likeness (QED) is 0.389. The van der Waals surface area contributed by atoms with E-state index in [1.165, 1.54) is 19.4 Å². The molecule has 1 aliphatic rings. The average molecular weight is 539 g/mol. The maximum Gasteiger partial charge on any atom is 0.409 e. The van der Waals surface area contributed by atoms with Crippen LogP contribution in [0.15, 0.2) is 54.7 Å². The molecule has 4 unspecified atom stereocenters. The monoisotopic (exact) mass is 538 g/mol. The molecule has 206 valence electrons. The first-order chi connectivity index (χ1) is 18.1. The molecule has 2 heterocycles. The molecular weight excluding hydrogens is 509 g/mol. The minimum Gasteiger partial charge on any atom is -0.503 e. The second-order valence-corrected chi connectivity index (χ2v) is 8.61. The van der Waals surface area contributed by atoms with E-state index in [1.807, 2.05) is 30.3 Å². The van der Waals surface area contributed by atoms with Gasteiger partial charge >= 0.3 is 12.1 Å². The molecule has 1 aliphatic heterocycles. The molecule has 3 rings (SSSR count). The van der Waals surface area contributed by atoms with Crippen LogP contribution in [-0.4, -0.2) is 73.3 Å². The van der Waals surface area contributed by atoms with Gasteiger partial charge in [0.1, 0.15) is 6.10 Å². The number of ether oxygens (including phenoxy) is 4. The smallest absolute Gasteiger partial charge is 0.409 e. The Balaban J connectivity index is 1.78. The molecule has 0 saturated carbocycles. The lowest BCUT2D eigenvalue weighted by molar-refractivity contribution is -0.159. The first-order valence-corrected chi connectivity index (χ1v) is 11.8. The van der Waals surface area contributed by atoms with Crippen LogP contribution in [0.4, 0.5) is 13.2 Å². The van der Waals surface area contributed by atoms with Gasteiger partial charge in [-0.1, -0.05) is 36.4 Å². The van der Waals surface area contributed by atoms with Crippen molar-refractivity contribution in [3.63, 3.8) is 0 Å². The summed E-state index contributed by atoms with van der Waals surface area (Å²) in [6.45, 7) is 1.01. The minimum atomic E-state index is -4.48. The van der Waals surface area contributed by atoms with Crippen molar-refractivity contribution >= 4 is 11.9 Å². The first-order valence-electron chi connectivity index (χ1n) is 11.8. The molecule has 2 aromatic rings. The number of amides is 1. The van der Waals surface area contributed by atoms with E-state index in [-0.39, 0.29) is 37.3 Å². The normalized spacial score (nSPS) is 22.7. The van der Waals surface area contributed by atoms with Crippen molar-refractivity contribution in [3.05, 3.63) is 66.0 Å². The number of rotatable bonds is 8. The third kappa shape index (κ3) is 8.18. The number of aromatic nitrogens is 1. The predicted octanol–water partition coefficient (Wildman–Crippen LogP) is 3.22. The highest BCUT2D eigenvalue weighted by Crippen LogP contribution is 2.28. The third-order valence-corrected chi connectivity index (χ3v) is 5.79. The Morgan fingerprint density at radius 2 is 1.97 bits per heavy atom. The maximum atomic E-state index is 12.9. The van der Waals surface area contributed by atoms with Crippen LogP contribution in [0.1, 0.15) is 23.0 Å². The number of alkyl halides is 3. The van der Waals surface area contributed by atoms with Crippen molar-refractivity contribution in [2.24, 2.45) is 5.92 Å². The number of hydrogen-bond donors (Lipinski definition) is 2. The Kier molecular flexibility index (Phi) is 10.1. The number of hydrogen-bond acceptors (Lipinski definition) is 8. The number of halogens is 3. The van der Waals surface area contributed by atoms with Gasteiger partial charge in [-0.15, -0.1) is 0 Å². The molecule has 0 spiro atoms. The minimum absolute atomic E-state index is 0.0235. The van der Waals surface area contributed by atoms with E-state index in [9.17, 15) is 27.9 Å². The molecule has 12 heteroatoms. The van der Waals surface area contributed by atoms with Crippen LogP contribution >= 0.6 is 0 Å². The lowest BCUT2D eigenvalue weighted by Gasteiger charge is -2.30. The summed E-state index contributed by atoms with van der Waals surface area (Å²) in [6.07, 6.45) is -3.56. The van der Waals surface area contributed by atoms with Crippen LogP contribution < -0.4 is 10.1 Å². The number of aromatic hydroxyl groups is 1. The van der Waals surface area contributed by atoms with Crippen molar-refractivity contribution in [1.29, 1.82) is 0 Å². The van der Waals surface area contributed by atoms with Gasteiger partial charge in [0, 0.05) is 24.3 Å². The van der Waals surface area contributed by atoms with E-state index in [0.29, 0.717) is 6.42 Å². The van der Waals surface area contributed by atoms with Crippen molar-refractivity contribution in [3.8, 4) is 11.5 Å². The molecule has 0 aliphatic carbocycles. The number of esters is 1. The summed E-state index contributed by atoms with van der Waals surface area (Å²) < 4.78 is 59.7. The number of benzene rings is 1. The molecule has 38 heavy (non-hydrogen) atoms. The molecule has 9 nitrogen and oxygen atoms in total. The predicted molar refractivity (Wildman–Crippen MR) is 129 cm³/mol. The Bertz CT molecular complexity index is 1110. The van der Waals surface area contributed by atoms with Gasteiger partial charge in [-0.05, 0) is 18.9 Å². The van der Waals surface area contributed by atoms with Crippen molar-refractivity contribution < 1.29 is 46.8 Å². The van der Waals surface area contributed by atoms with E-state index >= 15 is 0 Å². The zero-order valence-corrected chi connectivity index (χ0v) is 20.8. The molecule has 4 atom stereocenters. The van der Waals surface area contributed by atoms with Crippen molar-refractivity contribution in [1.82, 2.24) is 10.3 Å². The summed E-state index contributed by atoms with van der Waals surface area (Å²) in [5.74, 6) is -2.56. The number of carbonyl (C=O) groups excluding carboxylic acids is 2. The van der Waals surface area contributed by atoms with E-state index in [0.717, 1.165) is 11.6 Å². The summed E-state index contributed by atoms with van der Waals surface area (Å²) in [6, 6.07) is 9.45. The van der Waals surface area contributed by atoms with Gasteiger partial charge in [0.2, 0.25) is 0 Å². The Morgan fingerprint density at radius 1 is 1.24 bits per heavy atom.